The molecular weight excluding hydrogens is 554 g/mol. The van der Waals surface area contributed by atoms with Gasteiger partial charge in [0, 0.05) is 27.9 Å². The van der Waals surface area contributed by atoms with E-state index in [1.54, 1.807) is 24.3 Å². The first-order valence-corrected chi connectivity index (χ1v) is 11.2. The van der Waals surface area contributed by atoms with Crippen LogP contribution in [0.15, 0.2) is 69.6 Å². The largest absolute Gasteiger partial charge is 0.482 e. The number of nitriles is 1. The van der Waals surface area contributed by atoms with Crippen LogP contribution in [0.3, 0.4) is 0 Å². The van der Waals surface area contributed by atoms with Crippen molar-refractivity contribution in [3.05, 3.63) is 96.4 Å². The molecule has 0 unspecified atom stereocenters. The highest BCUT2D eigenvalue weighted by atomic mass is 79.9. The Balaban J connectivity index is 1.85. The fourth-order valence-corrected chi connectivity index (χ4v) is 4.37. The lowest BCUT2D eigenvalue weighted by Crippen LogP contribution is -2.20. The molecule has 0 spiro atoms. The number of nitrogens with zero attached hydrogens (tertiary/aromatic N) is 2. The summed E-state index contributed by atoms with van der Waals surface area (Å²) in [6.45, 7) is 1.69. The van der Waals surface area contributed by atoms with Crippen molar-refractivity contribution >= 4 is 60.8 Å². The third-order valence-corrected chi connectivity index (χ3v) is 5.54. The number of anilines is 1. The lowest BCUT2D eigenvalue weighted by atomic mass is 10.0. The van der Waals surface area contributed by atoms with Crippen molar-refractivity contribution in [3.8, 4) is 11.8 Å². The number of allylic oxidation sites excluding steroid dienone is 1. The van der Waals surface area contributed by atoms with Gasteiger partial charge in [0.1, 0.15) is 5.75 Å². The van der Waals surface area contributed by atoms with E-state index >= 15 is 0 Å². The van der Waals surface area contributed by atoms with Crippen molar-refractivity contribution < 1.29 is 14.5 Å². The molecule has 0 radical (unpaired) electrons. The highest BCUT2D eigenvalue weighted by Gasteiger charge is 2.14. The summed E-state index contributed by atoms with van der Waals surface area (Å²) in [6, 6.07) is 18.7. The summed E-state index contributed by atoms with van der Waals surface area (Å²) < 4.78 is 7.12. The Labute approximate surface area is 207 Å². The summed E-state index contributed by atoms with van der Waals surface area (Å²) in [4.78, 5) is 22.8. The van der Waals surface area contributed by atoms with E-state index < -0.39 is 4.92 Å². The number of hydrogen-bond acceptors (Lipinski definition) is 5. The third kappa shape index (κ3) is 6.51. The number of hydrogen-bond donors (Lipinski definition) is 1. The predicted molar refractivity (Wildman–Crippen MR) is 134 cm³/mol. The van der Waals surface area contributed by atoms with Crippen LogP contribution in [-0.2, 0) is 4.79 Å². The van der Waals surface area contributed by atoms with Gasteiger partial charge in [-0.15, -0.1) is 0 Å². The first-order valence-electron chi connectivity index (χ1n) is 9.62. The molecule has 1 amide bonds. The first-order chi connectivity index (χ1) is 15.8. The Morgan fingerprint density at radius 3 is 2.55 bits per heavy atom. The maximum absolute atomic E-state index is 12.4. The van der Waals surface area contributed by atoms with Gasteiger partial charge in [0.2, 0.25) is 0 Å². The molecule has 0 aliphatic heterocycles. The Hall–Kier alpha value is -3.48. The van der Waals surface area contributed by atoms with Crippen LogP contribution in [0, 0.1) is 28.4 Å². The van der Waals surface area contributed by atoms with Gasteiger partial charge in [0.05, 0.1) is 21.0 Å². The van der Waals surface area contributed by atoms with E-state index in [1.165, 1.54) is 24.3 Å². The minimum atomic E-state index is -0.501. The number of nitro benzene ring substituents is 1. The summed E-state index contributed by atoms with van der Waals surface area (Å²) in [7, 11) is 0. The van der Waals surface area contributed by atoms with Gasteiger partial charge in [-0.05, 0) is 76.5 Å². The number of carbonyl (C=O) groups is 1. The quantitative estimate of drug-likeness (QED) is 0.151. The number of nitrogens with one attached hydrogen (secondary N) is 1. The fraction of sp³-hybridized carbons (Fsp3) is 0.0833. The van der Waals surface area contributed by atoms with E-state index in [-0.39, 0.29) is 23.8 Å². The number of ether oxygens (including phenoxy) is 1. The van der Waals surface area contributed by atoms with E-state index in [9.17, 15) is 20.2 Å². The molecule has 3 rings (SSSR count). The zero-order chi connectivity index (χ0) is 24.0. The smallest absolute Gasteiger partial charge is 0.269 e. The monoisotopic (exact) mass is 569 g/mol. The lowest BCUT2D eigenvalue weighted by Gasteiger charge is -2.13. The van der Waals surface area contributed by atoms with E-state index in [2.05, 4.69) is 43.2 Å². The van der Waals surface area contributed by atoms with Gasteiger partial charge in [-0.2, -0.15) is 5.26 Å². The van der Waals surface area contributed by atoms with Crippen LogP contribution < -0.4 is 10.1 Å². The van der Waals surface area contributed by atoms with Crippen LogP contribution >= 0.6 is 31.9 Å². The van der Waals surface area contributed by atoms with Crippen molar-refractivity contribution in [3.63, 3.8) is 0 Å². The van der Waals surface area contributed by atoms with Crippen molar-refractivity contribution in [2.75, 3.05) is 11.9 Å². The zero-order valence-corrected chi connectivity index (χ0v) is 20.5. The van der Waals surface area contributed by atoms with E-state index in [0.29, 0.717) is 27.0 Å². The SMILES string of the molecule is Cc1cccc(NC(=O)COc2c(Br)cc(Br)cc2/C=C(\C#N)c2ccc([N+](=O)[O-])cc2)c1. The predicted octanol–water partition coefficient (Wildman–Crippen LogP) is 6.51. The van der Waals surface area contributed by atoms with E-state index in [4.69, 9.17) is 4.74 Å². The van der Waals surface area contributed by atoms with Crippen LogP contribution in [0.4, 0.5) is 11.4 Å². The molecule has 1 N–H and O–H groups in total. The number of aryl methyl sites for hydroxylation is 1. The summed E-state index contributed by atoms with van der Waals surface area (Å²) in [5.74, 6) is 0.0495. The molecule has 0 aliphatic carbocycles. The molecule has 9 heteroatoms. The molecule has 0 atom stereocenters. The Morgan fingerprint density at radius 2 is 1.91 bits per heavy atom. The van der Waals surface area contributed by atoms with Gasteiger partial charge < -0.3 is 10.1 Å². The maximum Gasteiger partial charge on any atom is 0.269 e. The highest BCUT2D eigenvalue weighted by Crippen LogP contribution is 2.35. The molecule has 33 heavy (non-hydrogen) atoms. The lowest BCUT2D eigenvalue weighted by molar-refractivity contribution is -0.384. The van der Waals surface area contributed by atoms with Crippen LogP contribution in [-0.4, -0.2) is 17.4 Å². The zero-order valence-electron chi connectivity index (χ0n) is 17.3. The summed E-state index contributed by atoms with van der Waals surface area (Å²) in [6.07, 6.45) is 1.60. The van der Waals surface area contributed by atoms with Gasteiger partial charge in [-0.3, -0.25) is 14.9 Å². The number of benzene rings is 3. The second-order valence-corrected chi connectivity index (χ2v) is 8.76. The molecule has 3 aromatic carbocycles. The van der Waals surface area contributed by atoms with Crippen molar-refractivity contribution in [2.24, 2.45) is 0 Å². The molecule has 0 bridgehead atoms. The summed E-state index contributed by atoms with van der Waals surface area (Å²) in [5.41, 5.74) is 2.97. The summed E-state index contributed by atoms with van der Waals surface area (Å²) >= 11 is 6.86. The Morgan fingerprint density at radius 1 is 1.18 bits per heavy atom. The minimum Gasteiger partial charge on any atom is -0.482 e. The number of halogens is 2. The first kappa shape index (κ1) is 24.2. The Bertz CT molecular complexity index is 1280. The highest BCUT2D eigenvalue weighted by molar-refractivity contribution is 9.11. The van der Waals surface area contributed by atoms with Gasteiger partial charge in [-0.1, -0.05) is 28.1 Å². The number of carbonyl (C=O) groups excluding carboxylic acids is 1. The van der Waals surface area contributed by atoms with Crippen molar-refractivity contribution in [1.29, 1.82) is 5.26 Å². The van der Waals surface area contributed by atoms with Gasteiger partial charge >= 0.3 is 0 Å². The average Bonchev–Trinajstić information content (AvgIpc) is 2.76. The molecule has 0 aromatic heterocycles. The Kier molecular flexibility index (Phi) is 7.98. The summed E-state index contributed by atoms with van der Waals surface area (Å²) in [5, 5.41) is 23.3. The van der Waals surface area contributed by atoms with E-state index in [0.717, 1.165) is 10.0 Å². The third-order valence-electron chi connectivity index (χ3n) is 4.50. The number of nitro groups is 1. The normalized spacial score (nSPS) is 10.9. The number of amides is 1. The molecule has 0 fully saturated rings. The number of rotatable bonds is 7. The molecule has 0 heterocycles. The topological polar surface area (TPSA) is 105 Å². The molecular formula is C24H17Br2N3O4. The second-order valence-electron chi connectivity index (χ2n) is 6.99. The second kappa shape index (κ2) is 10.9. The van der Waals surface area contributed by atoms with Gasteiger partial charge in [-0.25, -0.2) is 0 Å². The fourth-order valence-electron chi connectivity index (χ4n) is 3.00. The molecule has 0 saturated heterocycles. The van der Waals surface area contributed by atoms with Crippen LogP contribution in [0.1, 0.15) is 16.7 Å². The molecule has 166 valence electrons. The number of non-ortho nitro benzene ring substituents is 1. The molecule has 0 saturated carbocycles. The van der Waals surface area contributed by atoms with Crippen molar-refractivity contribution in [2.45, 2.75) is 6.92 Å². The molecule has 7 nitrogen and oxygen atoms in total. The van der Waals surface area contributed by atoms with Crippen molar-refractivity contribution in [1.82, 2.24) is 0 Å². The maximum atomic E-state index is 12.4. The average molecular weight is 571 g/mol. The molecule has 0 aliphatic rings. The standard InChI is InChI=1S/C24H17Br2N3O4/c1-15-3-2-4-20(9-15)28-23(30)14-33-24-17(11-19(25)12-22(24)26)10-18(13-27)16-5-7-21(8-6-16)29(31)32/h2-12H,14H2,1H3,(H,28,30)/b18-10+. The van der Waals surface area contributed by atoms with Crippen LogP contribution in [0.5, 0.6) is 5.75 Å². The van der Waals surface area contributed by atoms with E-state index in [1.807, 2.05) is 25.1 Å². The van der Waals surface area contributed by atoms with Gasteiger partial charge in [0.25, 0.3) is 11.6 Å². The minimum absolute atomic E-state index is 0.0649. The van der Waals surface area contributed by atoms with Gasteiger partial charge in [0.15, 0.2) is 6.61 Å². The van der Waals surface area contributed by atoms with Crippen LogP contribution in [0.25, 0.3) is 11.6 Å². The molecule has 3 aromatic rings. The van der Waals surface area contributed by atoms with Crippen LogP contribution in [0.2, 0.25) is 0 Å².